The van der Waals surface area contributed by atoms with Crippen molar-refractivity contribution in [3.8, 4) is 0 Å². The van der Waals surface area contributed by atoms with Gasteiger partial charge in [-0.05, 0) is 0 Å². The number of hydrogen-bond donors (Lipinski definition) is 0. The third kappa shape index (κ3) is 1.03. The Morgan fingerprint density at radius 2 is 1.47 bits per heavy atom. The number of alkyl halides is 7. The Bertz CT molecular complexity index is 377. The molecular weight excluding hydrogens is 257 g/mol. The van der Waals surface area contributed by atoms with Gasteiger partial charge in [0.2, 0.25) is 0 Å². The Kier molecular flexibility index (Phi) is 2.31. The van der Waals surface area contributed by atoms with Crippen molar-refractivity contribution in [1.29, 1.82) is 0 Å². The molecular formula is C5H3F7O2S. The largest absolute Gasteiger partial charge is 0.390 e. The molecule has 0 saturated carbocycles. The Morgan fingerprint density at radius 1 is 1.07 bits per heavy atom. The lowest BCUT2D eigenvalue weighted by Crippen LogP contribution is -2.54. The normalized spacial score (nSPS) is 41.7. The molecule has 0 bridgehead atoms. The first kappa shape index (κ1) is 12.5. The van der Waals surface area contributed by atoms with Gasteiger partial charge in [0.1, 0.15) is 6.67 Å². The fraction of sp³-hybridized carbons (Fsp3) is 1.00. The zero-order valence-corrected chi connectivity index (χ0v) is 7.47. The molecule has 2 nitrogen and oxygen atoms in total. The third-order valence-corrected chi connectivity index (χ3v) is 3.97. The highest BCUT2D eigenvalue weighted by Gasteiger charge is 2.88. The summed E-state index contributed by atoms with van der Waals surface area (Å²) < 4.78 is 108. The number of sulfone groups is 1. The number of rotatable bonds is 1. The SMILES string of the molecule is O=S1(=O)C(F)C(F)(F)C(F)(CF)C1(F)F. The van der Waals surface area contributed by atoms with Gasteiger partial charge in [-0.15, -0.1) is 0 Å². The average Bonchev–Trinajstić information content (AvgIpc) is 2.18. The minimum Gasteiger partial charge on any atom is -0.247 e. The molecule has 2 unspecified atom stereocenters. The van der Waals surface area contributed by atoms with Crippen LogP contribution in [0.15, 0.2) is 0 Å². The molecule has 1 aliphatic rings. The van der Waals surface area contributed by atoms with E-state index in [1.165, 1.54) is 0 Å². The van der Waals surface area contributed by atoms with E-state index in [1.807, 2.05) is 0 Å². The standard InChI is InChI=1S/C5H3F7O2S/c6-1-3(8)4(9,10)2(7)15(13,14)5(3,11)12/h2H,1H2. The summed E-state index contributed by atoms with van der Waals surface area (Å²) in [7, 11) is -6.40. The van der Waals surface area contributed by atoms with Crippen molar-refractivity contribution in [2.45, 2.75) is 22.3 Å². The molecule has 1 saturated heterocycles. The van der Waals surface area contributed by atoms with Crippen molar-refractivity contribution in [2.24, 2.45) is 0 Å². The van der Waals surface area contributed by atoms with Crippen molar-refractivity contribution in [3.05, 3.63) is 0 Å². The molecule has 0 aromatic carbocycles. The zero-order valence-electron chi connectivity index (χ0n) is 6.65. The van der Waals surface area contributed by atoms with Crippen LogP contribution in [0.1, 0.15) is 0 Å². The van der Waals surface area contributed by atoms with Crippen LogP contribution in [0, 0.1) is 0 Å². The van der Waals surface area contributed by atoms with E-state index in [-0.39, 0.29) is 0 Å². The van der Waals surface area contributed by atoms with Gasteiger partial charge < -0.3 is 0 Å². The zero-order chi connectivity index (χ0) is 12.3. The van der Waals surface area contributed by atoms with E-state index in [4.69, 9.17) is 0 Å². The summed E-state index contributed by atoms with van der Waals surface area (Å²) in [6.45, 7) is -3.01. The van der Waals surface area contributed by atoms with Crippen LogP contribution in [0.25, 0.3) is 0 Å². The Balaban J connectivity index is 3.57. The van der Waals surface area contributed by atoms with Crippen LogP contribution < -0.4 is 0 Å². The number of hydrogen-bond acceptors (Lipinski definition) is 2. The van der Waals surface area contributed by atoms with E-state index in [9.17, 15) is 39.2 Å². The van der Waals surface area contributed by atoms with Crippen LogP contribution in [0.2, 0.25) is 0 Å². The highest BCUT2D eigenvalue weighted by Crippen LogP contribution is 2.58. The minimum absolute atomic E-state index is 3.01. The third-order valence-electron chi connectivity index (χ3n) is 2.09. The maximum absolute atomic E-state index is 12.8. The van der Waals surface area contributed by atoms with Gasteiger partial charge in [-0.25, -0.2) is 21.6 Å². The number of halogens is 7. The van der Waals surface area contributed by atoms with Crippen LogP contribution in [-0.2, 0) is 9.84 Å². The quantitative estimate of drug-likeness (QED) is 0.671. The van der Waals surface area contributed by atoms with E-state index in [0.717, 1.165) is 0 Å². The fourth-order valence-electron chi connectivity index (χ4n) is 1.09. The first-order chi connectivity index (χ1) is 6.47. The summed E-state index contributed by atoms with van der Waals surface area (Å²) in [5, 5.41) is -5.79. The molecule has 0 aromatic rings. The molecule has 0 aliphatic carbocycles. The Labute approximate surface area is 79.0 Å². The summed E-state index contributed by atoms with van der Waals surface area (Å²) in [5.74, 6) is -5.62. The van der Waals surface area contributed by atoms with Crippen molar-refractivity contribution in [2.75, 3.05) is 6.67 Å². The second kappa shape index (κ2) is 2.77. The molecule has 10 heteroatoms. The van der Waals surface area contributed by atoms with Crippen molar-refractivity contribution >= 4 is 9.84 Å². The second-order valence-corrected chi connectivity index (χ2v) is 4.95. The van der Waals surface area contributed by atoms with Crippen LogP contribution in [0.3, 0.4) is 0 Å². The first-order valence-electron chi connectivity index (χ1n) is 3.35. The highest BCUT2D eigenvalue weighted by atomic mass is 32.2. The summed E-state index contributed by atoms with van der Waals surface area (Å²) in [6, 6.07) is 0. The highest BCUT2D eigenvalue weighted by molar-refractivity contribution is 7.93. The lowest BCUT2D eigenvalue weighted by molar-refractivity contribution is -0.212. The Morgan fingerprint density at radius 3 is 1.60 bits per heavy atom. The monoisotopic (exact) mass is 260 g/mol. The maximum atomic E-state index is 12.8. The van der Waals surface area contributed by atoms with Gasteiger partial charge in [-0.3, -0.25) is 0 Å². The van der Waals surface area contributed by atoms with Gasteiger partial charge in [0.25, 0.3) is 21.0 Å². The lowest BCUT2D eigenvalue weighted by atomic mass is 10.0. The summed E-state index contributed by atoms with van der Waals surface area (Å²) in [4.78, 5) is 0. The summed E-state index contributed by atoms with van der Waals surface area (Å²) >= 11 is 0. The molecule has 15 heavy (non-hydrogen) atoms. The van der Waals surface area contributed by atoms with Gasteiger partial charge in [0.05, 0.1) is 0 Å². The summed E-state index contributed by atoms with van der Waals surface area (Å²) in [5.41, 5.74) is -9.82. The van der Waals surface area contributed by atoms with Gasteiger partial charge in [0, 0.05) is 0 Å². The molecule has 0 amide bonds. The Hall–Kier alpha value is -0.540. The van der Waals surface area contributed by atoms with Crippen LogP contribution in [0.4, 0.5) is 30.7 Å². The average molecular weight is 260 g/mol. The van der Waals surface area contributed by atoms with Crippen LogP contribution in [-0.4, -0.2) is 37.4 Å². The van der Waals surface area contributed by atoms with Gasteiger partial charge in [0.15, 0.2) is 0 Å². The molecule has 0 spiro atoms. The van der Waals surface area contributed by atoms with E-state index < -0.39 is 38.9 Å². The van der Waals surface area contributed by atoms with E-state index in [0.29, 0.717) is 0 Å². The van der Waals surface area contributed by atoms with E-state index >= 15 is 0 Å². The van der Waals surface area contributed by atoms with Gasteiger partial charge in [-0.1, -0.05) is 0 Å². The molecule has 0 N–H and O–H groups in total. The molecule has 1 heterocycles. The topological polar surface area (TPSA) is 34.1 Å². The van der Waals surface area contributed by atoms with Crippen molar-refractivity contribution < 1.29 is 39.2 Å². The van der Waals surface area contributed by atoms with Crippen molar-refractivity contribution in [1.82, 2.24) is 0 Å². The fourth-order valence-corrected chi connectivity index (χ4v) is 2.57. The predicted octanol–water partition coefficient (Wildman–Crippen LogP) is 1.62. The van der Waals surface area contributed by atoms with Gasteiger partial charge >= 0.3 is 11.2 Å². The maximum Gasteiger partial charge on any atom is 0.390 e. The first-order valence-corrected chi connectivity index (χ1v) is 4.89. The smallest absolute Gasteiger partial charge is 0.247 e. The van der Waals surface area contributed by atoms with Crippen LogP contribution in [0.5, 0.6) is 0 Å². The van der Waals surface area contributed by atoms with Crippen LogP contribution >= 0.6 is 0 Å². The molecule has 0 aromatic heterocycles. The lowest BCUT2D eigenvalue weighted by Gasteiger charge is -2.25. The molecule has 0 radical (unpaired) electrons. The van der Waals surface area contributed by atoms with E-state index in [1.54, 1.807) is 0 Å². The molecule has 1 fully saturated rings. The van der Waals surface area contributed by atoms with Gasteiger partial charge in [-0.2, -0.15) is 17.6 Å². The minimum atomic E-state index is -6.40. The molecule has 1 rings (SSSR count). The summed E-state index contributed by atoms with van der Waals surface area (Å²) in [6.07, 6.45) is 0. The van der Waals surface area contributed by atoms with Crippen molar-refractivity contribution in [3.63, 3.8) is 0 Å². The predicted molar refractivity (Wildman–Crippen MR) is 33.5 cm³/mol. The molecule has 90 valence electrons. The second-order valence-electron chi connectivity index (χ2n) is 2.94. The molecule has 1 aliphatic heterocycles. The van der Waals surface area contributed by atoms with E-state index in [2.05, 4.69) is 0 Å². The molecule has 2 atom stereocenters.